The monoisotopic (exact) mass is 444 g/mol. The Bertz CT molecular complexity index is 1110. The van der Waals surface area contributed by atoms with Crippen LogP contribution in [0.5, 0.6) is 0 Å². The van der Waals surface area contributed by atoms with Crippen molar-refractivity contribution in [1.82, 2.24) is 19.9 Å². The summed E-state index contributed by atoms with van der Waals surface area (Å²) < 4.78 is 0. The number of hydrogen-bond donors (Lipinski definition) is 1. The summed E-state index contributed by atoms with van der Waals surface area (Å²) in [6.07, 6.45) is 9.11. The fraction of sp³-hybridized carbons (Fsp3) is 0.385. The van der Waals surface area contributed by atoms with Gasteiger partial charge in [0.15, 0.2) is 0 Å². The van der Waals surface area contributed by atoms with Crippen molar-refractivity contribution in [2.24, 2.45) is 0 Å². The van der Waals surface area contributed by atoms with Crippen molar-refractivity contribution in [1.29, 1.82) is 0 Å². The standard InChI is InChI=1S/C26H32N6O/c1-18-15-27-13-12-22(18)23-16-28-26(31(3)4)30-25(23)24-7-5-6-14-32(24)17-20-8-10-21(11-9-20)29-19(2)33/h8-13,15-16,24H,5-7,14,17H2,1-4H3,(H,29,33)/t24-/m1/s1. The van der Waals surface area contributed by atoms with Gasteiger partial charge in [-0.3, -0.25) is 14.7 Å². The smallest absolute Gasteiger partial charge is 0.225 e. The first kappa shape index (κ1) is 22.9. The first-order chi connectivity index (χ1) is 15.9. The second-order valence-corrected chi connectivity index (χ2v) is 8.91. The van der Waals surface area contributed by atoms with Crippen LogP contribution < -0.4 is 10.2 Å². The minimum absolute atomic E-state index is 0.0572. The van der Waals surface area contributed by atoms with Crippen LogP contribution in [0.3, 0.4) is 0 Å². The summed E-state index contributed by atoms with van der Waals surface area (Å²) in [6.45, 7) is 5.47. The van der Waals surface area contributed by atoms with Crippen LogP contribution in [0.2, 0.25) is 0 Å². The second-order valence-electron chi connectivity index (χ2n) is 8.91. The topological polar surface area (TPSA) is 74.2 Å². The highest BCUT2D eigenvalue weighted by molar-refractivity contribution is 5.88. The summed E-state index contributed by atoms with van der Waals surface area (Å²) in [5.41, 5.74) is 6.46. The number of anilines is 2. The SMILES string of the molecule is CC(=O)Nc1ccc(CN2CCCC[C@@H]2c2nc(N(C)C)ncc2-c2ccncc2C)cc1. The van der Waals surface area contributed by atoms with E-state index in [1.54, 1.807) is 0 Å². The van der Waals surface area contributed by atoms with Gasteiger partial charge in [-0.25, -0.2) is 9.97 Å². The zero-order valence-electron chi connectivity index (χ0n) is 19.9. The average Bonchev–Trinajstić information content (AvgIpc) is 2.80. The van der Waals surface area contributed by atoms with Gasteiger partial charge in [0.05, 0.1) is 11.7 Å². The lowest BCUT2D eigenvalue weighted by molar-refractivity contribution is -0.114. The van der Waals surface area contributed by atoms with Gasteiger partial charge >= 0.3 is 0 Å². The van der Waals surface area contributed by atoms with Gasteiger partial charge in [-0.2, -0.15) is 0 Å². The van der Waals surface area contributed by atoms with Crippen LogP contribution in [0.25, 0.3) is 11.1 Å². The maximum atomic E-state index is 11.3. The number of aromatic nitrogens is 3. The fourth-order valence-electron chi connectivity index (χ4n) is 4.46. The van der Waals surface area contributed by atoms with E-state index in [9.17, 15) is 4.79 Å². The van der Waals surface area contributed by atoms with Crippen LogP contribution in [0.4, 0.5) is 11.6 Å². The van der Waals surface area contributed by atoms with Crippen LogP contribution in [0.1, 0.15) is 49.0 Å². The Morgan fingerprint density at radius 3 is 2.61 bits per heavy atom. The molecule has 2 aromatic heterocycles. The number of carbonyl (C=O) groups is 1. The molecular weight excluding hydrogens is 412 g/mol. The van der Waals surface area contributed by atoms with Gasteiger partial charge in [0, 0.05) is 57.4 Å². The van der Waals surface area contributed by atoms with Crippen molar-refractivity contribution in [2.45, 2.75) is 45.7 Å². The molecule has 0 spiro atoms. The van der Waals surface area contributed by atoms with Crippen molar-refractivity contribution in [3.05, 3.63) is 65.7 Å². The predicted octanol–water partition coefficient (Wildman–Crippen LogP) is 4.60. The number of benzene rings is 1. The van der Waals surface area contributed by atoms with Crippen molar-refractivity contribution >= 4 is 17.5 Å². The Hall–Kier alpha value is -3.32. The molecule has 1 N–H and O–H groups in total. The van der Waals surface area contributed by atoms with Crippen molar-refractivity contribution in [3.63, 3.8) is 0 Å². The molecule has 0 aliphatic carbocycles. The number of hydrogen-bond acceptors (Lipinski definition) is 6. The number of nitrogens with one attached hydrogen (secondary N) is 1. The van der Waals surface area contributed by atoms with Crippen molar-refractivity contribution in [2.75, 3.05) is 30.9 Å². The maximum absolute atomic E-state index is 11.3. The predicted molar refractivity (Wildman–Crippen MR) is 132 cm³/mol. The van der Waals surface area contributed by atoms with Gasteiger partial charge in [0.2, 0.25) is 11.9 Å². The molecule has 33 heavy (non-hydrogen) atoms. The lowest BCUT2D eigenvalue weighted by atomic mass is 9.92. The van der Waals surface area contributed by atoms with Gasteiger partial charge in [0.1, 0.15) is 0 Å². The molecule has 0 radical (unpaired) electrons. The molecule has 0 unspecified atom stereocenters. The average molecular weight is 445 g/mol. The minimum Gasteiger partial charge on any atom is -0.347 e. The van der Waals surface area contributed by atoms with Crippen molar-refractivity contribution < 1.29 is 4.79 Å². The van der Waals surface area contributed by atoms with E-state index < -0.39 is 0 Å². The Balaban J connectivity index is 1.68. The van der Waals surface area contributed by atoms with E-state index in [-0.39, 0.29) is 11.9 Å². The molecule has 7 heteroatoms. The van der Waals surface area contributed by atoms with E-state index in [1.165, 1.54) is 25.3 Å². The summed E-state index contributed by atoms with van der Waals surface area (Å²) in [4.78, 5) is 29.8. The van der Waals surface area contributed by atoms with E-state index in [2.05, 4.69) is 45.3 Å². The summed E-state index contributed by atoms with van der Waals surface area (Å²) in [6, 6.07) is 10.4. The number of likely N-dealkylation sites (tertiary alicyclic amines) is 1. The summed E-state index contributed by atoms with van der Waals surface area (Å²) in [7, 11) is 3.96. The Morgan fingerprint density at radius 2 is 1.91 bits per heavy atom. The van der Waals surface area contributed by atoms with E-state index in [4.69, 9.17) is 4.98 Å². The molecule has 1 fully saturated rings. The number of piperidine rings is 1. The first-order valence-electron chi connectivity index (χ1n) is 11.5. The molecule has 1 amide bonds. The molecule has 1 saturated heterocycles. The highest BCUT2D eigenvalue weighted by Gasteiger charge is 2.29. The number of pyridine rings is 1. The minimum atomic E-state index is -0.0572. The second kappa shape index (κ2) is 10.1. The third-order valence-electron chi connectivity index (χ3n) is 6.11. The number of aryl methyl sites for hydroxylation is 1. The van der Waals surface area contributed by atoms with Crippen LogP contribution in [-0.2, 0) is 11.3 Å². The number of amides is 1. The molecule has 0 bridgehead atoms. The van der Waals surface area contributed by atoms with Crippen LogP contribution in [-0.4, -0.2) is 46.4 Å². The largest absolute Gasteiger partial charge is 0.347 e. The number of rotatable bonds is 6. The van der Waals surface area contributed by atoms with Crippen molar-refractivity contribution in [3.8, 4) is 11.1 Å². The van der Waals surface area contributed by atoms with Gasteiger partial charge in [-0.15, -0.1) is 0 Å². The highest BCUT2D eigenvalue weighted by Crippen LogP contribution is 2.37. The molecular formula is C26H32N6O. The van der Waals surface area contributed by atoms with Crippen LogP contribution in [0.15, 0.2) is 48.9 Å². The van der Waals surface area contributed by atoms with Crippen LogP contribution in [0, 0.1) is 6.92 Å². The number of nitrogens with zero attached hydrogens (tertiary/aromatic N) is 5. The van der Waals surface area contributed by atoms with Gasteiger partial charge < -0.3 is 10.2 Å². The van der Waals surface area contributed by atoms with E-state index in [1.807, 2.05) is 49.7 Å². The molecule has 3 heterocycles. The molecule has 1 aliphatic rings. The Kier molecular flexibility index (Phi) is 6.99. The zero-order chi connectivity index (χ0) is 23.4. The van der Waals surface area contributed by atoms with E-state index in [0.717, 1.165) is 53.5 Å². The van der Waals surface area contributed by atoms with E-state index >= 15 is 0 Å². The molecule has 1 aliphatic heterocycles. The lowest BCUT2D eigenvalue weighted by Crippen LogP contribution is -2.34. The Morgan fingerprint density at radius 1 is 1.12 bits per heavy atom. The van der Waals surface area contributed by atoms with Gasteiger partial charge in [-0.1, -0.05) is 18.6 Å². The third kappa shape index (κ3) is 5.37. The zero-order valence-corrected chi connectivity index (χ0v) is 19.9. The normalized spacial score (nSPS) is 16.4. The summed E-state index contributed by atoms with van der Waals surface area (Å²) in [5, 5.41) is 2.84. The molecule has 0 saturated carbocycles. The summed E-state index contributed by atoms with van der Waals surface area (Å²) >= 11 is 0. The fourth-order valence-corrected chi connectivity index (χ4v) is 4.46. The maximum Gasteiger partial charge on any atom is 0.225 e. The lowest BCUT2D eigenvalue weighted by Gasteiger charge is -2.36. The third-order valence-corrected chi connectivity index (χ3v) is 6.11. The van der Waals surface area contributed by atoms with E-state index in [0.29, 0.717) is 0 Å². The molecule has 172 valence electrons. The molecule has 4 rings (SSSR count). The molecule has 3 aromatic rings. The first-order valence-corrected chi connectivity index (χ1v) is 11.5. The summed E-state index contributed by atoms with van der Waals surface area (Å²) in [5.74, 6) is 0.670. The molecule has 1 atom stereocenters. The molecule has 1 aromatic carbocycles. The highest BCUT2D eigenvalue weighted by atomic mass is 16.1. The Labute approximate surface area is 195 Å². The quantitative estimate of drug-likeness (QED) is 0.599. The van der Waals surface area contributed by atoms with Gasteiger partial charge in [0.25, 0.3) is 0 Å². The number of carbonyl (C=O) groups excluding carboxylic acids is 1. The van der Waals surface area contributed by atoms with Crippen LogP contribution >= 0.6 is 0 Å². The van der Waals surface area contributed by atoms with Gasteiger partial charge in [-0.05, 0) is 61.2 Å². The molecule has 7 nitrogen and oxygen atoms in total.